The average molecular weight is 256 g/mol. The van der Waals surface area contributed by atoms with E-state index in [4.69, 9.17) is 9.47 Å². The summed E-state index contributed by atoms with van der Waals surface area (Å²) in [7, 11) is 3.03. The van der Waals surface area contributed by atoms with Crippen LogP contribution in [0.1, 0.15) is 43.1 Å². The van der Waals surface area contributed by atoms with E-state index in [0.717, 1.165) is 0 Å². The van der Waals surface area contributed by atoms with Gasteiger partial charge in [0.2, 0.25) is 5.82 Å². The second-order valence-electron chi connectivity index (χ2n) is 4.30. The molecule has 1 amide bonds. The zero-order valence-electron chi connectivity index (χ0n) is 11.4. The number of H-pyrrole nitrogens is 1. The summed E-state index contributed by atoms with van der Waals surface area (Å²) in [5.41, 5.74) is 0. The smallest absolute Gasteiger partial charge is 0.291 e. The molecular weight excluding hydrogens is 236 g/mol. The van der Waals surface area contributed by atoms with Crippen molar-refractivity contribution in [2.45, 2.75) is 39.0 Å². The van der Waals surface area contributed by atoms with Crippen LogP contribution in [-0.2, 0) is 9.47 Å². The molecule has 1 rings (SSSR count). The summed E-state index contributed by atoms with van der Waals surface area (Å²) in [5, 5.41) is 9.32. The van der Waals surface area contributed by atoms with E-state index in [1.54, 1.807) is 6.92 Å². The SMILES string of the molecule is COC(OC)C(C)NC(=O)c1n[nH]c(C(C)C)n1. The molecule has 1 aromatic heterocycles. The Hall–Kier alpha value is -1.47. The molecule has 0 saturated heterocycles. The van der Waals surface area contributed by atoms with Gasteiger partial charge in [-0.05, 0) is 6.92 Å². The van der Waals surface area contributed by atoms with Gasteiger partial charge in [-0.3, -0.25) is 9.89 Å². The number of carbonyl (C=O) groups excluding carboxylic acids is 1. The van der Waals surface area contributed by atoms with Crippen LogP contribution in [0.3, 0.4) is 0 Å². The van der Waals surface area contributed by atoms with E-state index in [0.29, 0.717) is 5.82 Å². The van der Waals surface area contributed by atoms with Crippen molar-refractivity contribution in [1.29, 1.82) is 0 Å². The quantitative estimate of drug-likeness (QED) is 0.730. The topological polar surface area (TPSA) is 89.1 Å². The Labute approximate surface area is 106 Å². The maximum atomic E-state index is 11.9. The number of aromatic nitrogens is 3. The third-order valence-corrected chi connectivity index (χ3v) is 2.48. The molecule has 1 atom stereocenters. The van der Waals surface area contributed by atoms with Crippen LogP contribution in [0.4, 0.5) is 0 Å². The Bertz CT molecular complexity index is 387. The lowest BCUT2D eigenvalue weighted by atomic mass is 10.2. The molecule has 0 aliphatic rings. The Morgan fingerprint density at radius 1 is 1.28 bits per heavy atom. The highest BCUT2D eigenvalue weighted by atomic mass is 16.7. The maximum absolute atomic E-state index is 11.9. The normalized spacial score (nSPS) is 13.1. The molecule has 1 unspecified atom stereocenters. The standard InChI is InChI=1S/C11H20N4O3/c1-6(2)8-13-9(15-14-8)10(16)12-7(3)11(17-4)18-5/h6-7,11H,1-5H3,(H,12,16)(H,13,14,15). The number of ether oxygens (including phenoxy) is 2. The summed E-state index contributed by atoms with van der Waals surface area (Å²) < 4.78 is 10.1. The first-order valence-corrected chi connectivity index (χ1v) is 5.78. The van der Waals surface area contributed by atoms with Crippen LogP contribution in [0.25, 0.3) is 0 Å². The molecule has 2 N–H and O–H groups in total. The van der Waals surface area contributed by atoms with E-state index in [2.05, 4.69) is 20.5 Å². The fraction of sp³-hybridized carbons (Fsp3) is 0.727. The van der Waals surface area contributed by atoms with Gasteiger partial charge in [0.25, 0.3) is 5.91 Å². The Morgan fingerprint density at radius 3 is 2.33 bits per heavy atom. The molecule has 0 bridgehead atoms. The lowest BCUT2D eigenvalue weighted by Gasteiger charge is -2.21. The number of hydrogen-bond donors (Lipinski definition) is 2. The van der Waals surface area contributed by atoms with Gasteiger partial charge in [0, 0.05) is 20.1 Å². The molecule has 0 spiro atoms. The Morgan fingerprint density at radius 2 is 1.89 bits per heavy atom. The summed E-state index contributed by atoms with van der Waals surface area (Å²) >= 11 is 0. The van der Waals surface area contributed by atoms with Gasteiger partial charge in [0.05, 0.1) is 6.04 Å². The molecular formula is C11H20N4O3. The number of amides is 1. The number of hydrogen-bond acceptors (Lipinski definition) is 5. The van der Waals surface area contributed by atoms with Crippen molar-refractivity contribution in [2.24, 2.45) is 0 Å². The zero-order valence-corrected chi connectivity index (χ0v) is 11.4. The van der Waals surface area contributed by atoms with Crippen LogP contribution in [-0.4, -0.2) is 47.6 Å². The van der Waals surface area contributed by atoms with Crippen molar-refractivity contribution in [2.75, 3.05) is 14.2 Å². The fourth-order valence-corrected chi connectivity index (χ4v) is 1.48. The number of nitrogens with zero attached hydrogens (tertiary/aromatic N) is 2. The highest BCUT2D eigenvalue weighted by Gasteiger charge is 2.21. The largest absolute Gasteiger partial charge is 0.354 e. The third-order valence-electron chi connectivity index (χ3n) is 2.48. The summed E-state index contributed by atoms with van der Waals surface area (Å²) in [5.74, 6) is 0.645. The molecule has 18 heavy (non-hydrogen) atoms. The van der Waals surface area contributed by atoms with Gasteiger partial charge < -0.3 is 14.8 Å². The monoisotopic (exact) mass is 256 g/mol. The van der Waals surface area contributed by atoms with Gasteiger partial charge in [0.1, 0.15) is 5.82 Å². The number of aromatic amines is 1. The molecule has 0 aliphatic carbocycles. The van der Waals surface area contributed by atoms with Crippen molar-refractivity contribution < 1.29 is 14.3 Å². The van der Waals surface area contributed by atoms with Gasteiger partial charge in [-0.1, -0.05) is 13.8 Å². The minimum absolute atomic E-state index is 0.122. The van der Waals surface area contributed by atoms with E-state index in [9.17, 15) is 4.79 Å². The van der Waals surface area contributed by atoms with Crippen molar-refractivity contribution in [3.05, 3.63) is 11.6 Å². The summed E-state index contributed by atoms with van der Waals surface area (Å²) in [6, 6.07) is -0.298. The number of rotatable bonds is 6. The first-order chi connectivity index (χ1) is 8.49. The second kappa shape index (κ2) is 6.46. The highest BCUT2D eigenvalue weighted by molar-refractivity contribution is 5.90. The molecule has 0 aromatic carbocycles. The van der Waals surface area contributed by atoms with Crippen molar-refractivity contribution in [3.8, 4) is 0 Å². The van der Waals surface area contributed by atoms with Gasteiger partial charge in [-0.15, -0.1) is 5.10 Å². The lowest BCUT2D eigenvalue weighted by Crippen LogP contribution is -2.43. The number of methoxy groups -OCH3 is 2. The highest BCUT2D eigenvalue weighted by Crippen LogP contribution is 2.08. The minimum Gasteiger partial charge on any atom is -0.354 e. The van der Waals surface area contributed by atoms with Crippen LogP contribution in [0.2, 0.25) is 0 Å². The van der Waals surface area contributed by atoms with Crippen molar-refractivity contribution in [1.82, 2.24) is 20.5 Å². The van der Waals surface area contributed by atoms with E-state index >= 15 is 0 Å². The molecule has 7 heteroatoms. The molecule has 0 radical (unpaired) electrons. The first-order valence-electron chi connectivity index (χ1n) is 5.78. The third kappa shape index (κ3) is 3.51. The number of nitrogens with one attached hydrogen (secondary N) is 2. The Kier molecular flexibility index (Phi) is 5.24. The van der Waals surface area contributed by atoms with Crippen LogP contribution in [0.5, 0.6) is 0 Å². The first kappa shape index (κ1) is 14.6. The summed E-state index contributed by atoms with van der Waals surface area (Å²) in [6.45, 7) is 5.72. The summed E-state index contributed by atoms with van der Waals surface area (Å²) in [6.07, 6.45) is -0.502. The van der Waals surface area contributed by atoms with Crippen molar-refractivity contribution >= 4 is 5.91 Å². The van der Waals surface area contributed by atoms with E-state index in [1.165, 1.54) is 14.2 Å². The predicted molar refractivity (Wildman–Crippen MR) is 65.2 cm³/mol. The maximum Gasteiger partial charge on any atom is 0.291 e. The van der Waals surface area contributed by atoms with Crippen LogP contribution in [0, 0.1) is 0 Å². The van der Waals surface area contributed by atoms with Crippen LogP contribution in [0.15, 0.2) is 0 Å². The predicted octanol–water partition coefficient (Wildman–Crippen LogP) is 0.665. The molecule has 0 aliphatic heterocycles. The lowest BCUT2D eigenvalue weighted by molar-refractivity contribution is -0.117. The van der Waals surface area contributed by atoms with E-state index < -0.39 is 6.29 Å². The van der Waals surface area contributed by atoms with E-state index in [1.807, 2.05) is 13.8 Å². The molecule has 1 aromatic rings. The number of carbonyl (C=O) groups is 1. The van der Waals surface area contributed by atoms with Gasteiger partial charge in [-0.2, -0.15) is 0 Å². The Balaban J connectivity index is 2.64. The van der Waals surface area contributed by atoms with Crippen LogP contribution < -0.4 is 5.32 Å². The van der Waals surface area contributed by atoms with Gasteiger partial charge in [-0.25, -0.2) is 4.98 Å². The minimum atomic E-state index is -0.502. The molecule has 7 nitrogen and oxygen atoms in total. The molecule has 102 valence electrons. The second-order valence-corrected chi connectivity index (χ2v) is 4.30. The van der Waals surface area contributed by atoms with Gasteiger partial charge in [0.15, 0.2) is 6.29 Å². The van der Waals surface area contributed by atoms with E-state index in [-0.39, 0.29) is 23.7 Å². The zero-order chi connectivity index (χ0) is 13.7. The van der Waals surface area contributed by atoms with Gasteiger partial charge >= 0.3 is 0 Å². The summed E-state index contributed by atoms with van der Waals surface area (Å²) in [4.78, 5) is 16.0. The molecule has 0 saturated carbocycles. The van der Waals surface area contributed by atoms with Crippen LogP contribution >= 0.6 is 0 Å². The molecule has 1 heterocycles. The average Bonchev–Trinajstić information content (AvgIpc) is 2.79. The van der Waals surface area contributed by atoms with Crippen molar-refractivity contribution in [3.63, 3.8) is 0 Å². The fourth-order valence-electron chi connectivity index (χ4n) is 1.48. The molecule has 0 fully saturated rings.